The van der Waals surface area contributed by atoms with Gasteiger partial charge in [0.1, 0.15) is 5.01 Å². The van der Waals surface area contributed by atoms with Crippen LogP contribution in [-0.2, 0) is 16.0 Å². The van der Waals surface area contributed by atoms with Crippen molar-refractivity contribution < 1.29 is 27.8 Å². The number of hydrogen-bond acceptors (Lipinski definition) is 6. The zero-order chi connectivity index (χ0) is 19.8. The SMILES string of the molecule is COCCN(CC(F)F)C(=O)Cc1csc(-c2ccc(OC)c(OC)c2)n1. The first-order chi connectivity index (χ1) is 13.0. The van der Waals surface area contributed by atoms with E-state index in [0.29, 0.717) is 22.2 Å². The first-order valence-corrected chi connectivity index (χ1v) is 9.08. The van der Waals surface area contributed by atoms with Crippen LogP contribution in [0, 0.1) is 0 Å². The Bertz CT molecular complexity index is 755. The highest BCUT2D eigenvalue weighted by molar-refractivity contribution is 7.13. The molecule has 0 bridgehead atoms. The lowest BCUT2D eigenvalue weighted by Gasteiger charge is -2.21. The van der Waals surface area contributed by atoms with Gasteiger partial charge in [0.2, 0.25) is 5.91 Å². The second kappa shape index (κ2) is 10.2. The summed E-state index contributed by atoms with van der Waals surface area (Å²) < 4.78 is 40.8. The van der Waals surface area contributed by atoms with Crippen molar-refractivity contribution in [3.63, 3.8) is 0 Å². The molecule has 2 rings (SSSR count). The molecule has 0 spiro atoms. The molecule has 1 aromatic heterocycles. The number of methoxy groups -OCH3 is 3. The summed E-state index contributed by atoms with van der Waals surface area (Å²) in [5, 5.41) is 2.46. The molecule has 0 unspecified atom stereocenters. The van der Waals surface area contributed by atoms with Crippen molar-refractivity contribution in [2.24, 2.45) is 0 Å². The first-order valence-electron chi connectivity index (χ1n) is 8.20. The largest absolute Gasteiger partial charge is 0.493 e. The summed E-state index contributed by atoms with van der Waals surface area (Å²) in [7, 11) is 4.56. The molecule has 0 saturated heterocycles. The van der Waals surface area contributed by atoms with Crippen LogP contribution < -0.4 is 9.47 Å². The van der Waals surface area contributed by atoms with E-state index in [-0.39, 0.29) is 19.6 Å². The molecule has 6 nitrogen and oxygen atoms in total. The fourth-order valence-electron chi connectivity index (χ4n) is 2.44. The predicted octanol–water partition coefficient (Wildman–Crippen LogP) is 3.11. The highest BCUT2D eigenvalue weighted by atomic mass is 32.1. The summed E-state index contributed by atoms with van der Waals surface area (Å²) in [5.41, 5.74) is 1.35. The van der Waals surface area contributed by atoms with Crippen LogP contribution >= 0.6 is 11.3 Å². The van der Waals surface area contributed by atoms with E-state index in [9.17, 15) is 13.6 Å². The maximum atomic E-state index is 12.7. The number of alkyl halides is 2. The van der Waals surface area contributed by atoms with E-state index in [4.69, 9.17) is 14.2 Å². The van der Waals surface area contributed by atoms with Crippen LogP contribution in [-0.4, -0.2) is 63.2 Å². The summed E-state index contributed by atoms with van der Waals surface area (Å²) in [6.07, 6.45) is -2.64. The lowest BCUT2D eigenvalue weighted by Crippen LogP contribution is -2.38. The molecular formula is C18H22F2N2O4S. The molecule has 2 aromatic rings. The first kappa shape index (κ1) is 21.0. The summed E-state index contributed by atoms with van der Waals surface area (Å²) >= 11 is 1.37. The molecule has 0 saturated carbocycles. The number of thiazole rings is 1. The van der Waals surface area contributed by atoms with Gasteiger partial charge < -0.3 is 19.1 Å². The lowest BCUT2D eigenvalue weighted by molar-refractivity contribution is -0.133. The minimum atomic E-state index is -2.59. The van der Waals surface area contributed by atoms with Crippen molar-refractivity contribution in [3.05, 3.63) is 29.3 Å². The molecule has 9 heteroatoms. The minimum absolute atomic E-state index is 0.0414. The maximum Gasteiger partial charge on any atom is 0.255 e. The molecule has 148 valence electrons. The van der Waals surface area contributed by atoms with Crippen LogP contribution in [0.2, 0.25) is 0 Å². The molecular weight excluding hydrogens is 378 g/mol. The molecule has 0 fully saturated rings. The standard InChI is InChI=1S/C18H22F2N2O4S/c1-24-7-6-22(10-16(19)20)17(23)9-13-11-27-18(21-13)12-4-5-14(25-2)15(8-12)26-3/h4-5,8,11,16H,6-7,9-10H2,1-3H3. The second-order valence-corrected chi connectivity index (χ2v) is 6.47. The molecule has 0 aliphatic heterocycles. The Labute approximate surface area is 160 Å². The Hall–Kier alpha value is -2.26. The number of carbonyl (C=O) groups is 1. The molecule has 0 aliphatic carbocycles. The van der Waals surface area contributed by atoms with Gasteiger partial charge in [-0.3, -0.25) is 4.79 Å². The second-order valence-electron chi connectivity index (χ2n) is 5.61. The van der Waals surface area contributed by atoms with Crippen LogP contribution in [0.15, 0.2) is 23.6 Å². The van der Waals surface area contributed by atoms with Crippen LogP contribution in [0.1, 0.15) is 5.69 Å². The molecule has 1 aromatic carbocycles. The number of rotatable bonds is 10. The number of ether oxygens (including phenoxy) is 3. The van der Waals surface area contributed by atoms with Crippen molar-refractivity contribution in [2.45, 2.75) is 12.8 Å². The molecule has 1 amide bonds. The van der Waals surface area contributed by atoms with Gasteiger partial charge in [0, 0.05) is 24.6 Å². The zero-order valence-corrected chi connectivity index (χ0v) is 16.2. The van der Waals surface area contributed by atoms with Gasteiger partial charge in [0.15, 0.2) is 11.5 Å². The lowest BCUT2D eigenvalue weighted by atomic mass is 10.2. The van der Waals surface area contributed by atoms with Crippen molar-refractivity contribution in [3.8, 4) is 22.1 Å². The quantitative estimate of drug-likeness (QED) is 0.613. The van der Waals surface area contributed by atoms with Gasteiger partial charge in [-0.15, -0.1) is 11.3 Å². The average molecular weight is 400 g/mol. The molecule has 1 heterocycles. The Balaban J connectivity index is 2.11. The summed E-state index contributed by atoms with van der Waals surface area (Å²) in [5.74, 6) is 0.774. The van der Waals surface area contributed by atoms with E-state index in [1.54, 1.807) is 31.7 Å². The van der Waals surface area contributed by atoms with Gasteiger partial charge in [-0.2, -0.15) is 0 Å². The van der Waals surface area contributed by atoms with Crippen molar-refractivity contribution >= 4 is 17.2 Å². The fraction of sp³-hybridized carbons (Fsp3) is 0.444. The van der Waals surface area contributed by atoms with Gasteiger partial charge in [-0.05, 0) is 18.2 Å². The van der Waals surface area contributed by atoms with E-state index < -0.39 is 18.9 Å². The van der Waals surface area contributed by atoms with Gasteiger partial charge in [0.25, 0.3) is 6.43 Å². The Morgan fingerprint density at radius 1 is 1.22 bits per heavy atom. The number of amides is 1. The average Bonchev–Trinajstić information content (AvgIpc) is 3.12. The third-order valence-electron chi connectivity index (χ3n) is 3.79. The Kier molecular flexibility index (Phi) is 7.93. The van der Waals surface area contributed by atoms with Gasteiger partial charge in [-0.1, -0.05) is 0 Å². The van der Waals surface area contributed by atoms with Gasteiger partial charge in [-0.25, -0.2) is 13.8 Å². The van der Waals surface area contributed by atoms with E-state index in [0.717, 1.165) is 10.5 Å². The molecule has 0 radical (unpaired) electrons. The minimum Gasteiger partial charge on any atom is -0.493 e. The maximum absolute atomic E-state index is 12.7. The van der Waals surface area contributed by atoms with Gasteiger partial charge >= 0.3 is 0 Å². The predicted molar refractivity (Wildman–Crippen MR) is 98.8 cm³/mol. The summed E-state index contributed by atoms with van der Waals surface area (Å²) in [4.78, 5) is 17.9. The van der Waals surface area contributed by atoms with Crippen LogP contribution in [0.4, 0.5) is 8.78 Å². The van der Waals surface area contributed by atoms with Crippen LogP contribution in [0.25, 0.3) is 10.6 Å². The monoisotopic (exact) mass is 400 g/mol. The number of carbonyl (C=O) groups excluding carboxylic acids is 1. The summed E-state index contributed by atoms with van der Waals surface area (Å²) in [6.45, 7) is -0.298. The number of aromatic nitrogens is 1. The molecule has 0 atom stereocenters. The highest BCUT2D eigenvalue weighted by Crippen LogP contribution is 2.33. The van der Waals surface area contributed by atoms with E-state index in [1.807, 2.05) is 6.07 Å². The number of halogens is 2. The molecule has 0 N–H and O–H groups in total. The van der Waals surface area contributed by atoms with E-state index in [1.165, 1.54) is 18.4 Å². The Morgan fingerprint density at radius 2 is 1.96 bits per heavy atom. The zero-order valence-electron chi connectivity index (χ0n) is 15.4. The normalized spacial score (nSPS) is 10.9. The van der Waals surface area contributed by atoms with Crippen LogP contribution in [0.5, 0.6) is 11.5 Å². The Morgan fingerprint density at radius 3 is 2.59 bits per heavy atom. The van der Waals surface area contributed by atoms with E-state index >= 15 is 0 Å². The summed E-state index contributed by atoms with van der Waals surface area (Å²) in [6, 6.07) is 5.41. The number of hydrogen-bond donors (Lipinski definition) is 0. The number of benzene rings is 1. The number of nitrogens with zero attached hydrogens (tertiary/aromatic N) is 2. The van der Waals surface area contributed by atoms with Crippen molar-refractivity contribution in [2.75, 3.05) is 41.0 Å². The highest BCUT2D eigenvalue weighted by Gasteiger charge is 2.19. The van der Waals surface area contributed by atoms with Crippen molar-refractivity contribution in [1.82, 2.24) is 9.88 Å². The fourth-order valence-corrected chi connectivity index (χ4v) is 3.26. The van der Waals surface area contributed by atoms with Gasteiger partial charge in [0.05, 0.1) is 39.5 Å². The third kappa shape index (κ3) is 5.86. The molecule has 0 aliphatic rings. The van der Waals surface area contributed by atoms with Crippen LogP contribution in [0.3, 0.4) is 0 Å². The third-order valence-corrected chi connectivity index (χ3v) is 4.73. The molecule has 27 heavy (non-hydrogen) atoms. The van der Waals surface area contributed by atoms with E-state index in [2.05, 4.69) is 4.98 Å². The van der Waals surface area contributed by atoms with Crippen molar-refractivity contribution in [1.29, 1.82) is 0 Å². The topological polar surface area (TPSA) is 60.9 Å². The smallest absolute Gasteiger partial charge is 0.255 e.